The minimum atomic E-state index is -1.14. The van der Waals surface area contributed by atoms with Crippen LogP contribution in [0.2, 0.25) is 0 Å². The molecule has 1 aromatic carbocycles. The third-order valence-electron chi connectivity index (χ3n) is 2.38. The molecule has 0 spiro atoms. The number of carboxylic acid groups (broad SMARTS) is 1. The van der Waals surface area contributed by atoms with Gasteiger partial charge in [0.15, 0.2) is 28.6 Å². The number of carboxylic acids is 1. The molecule has 0 radical (unpaired) electrons. The SMILES string of the molecule is CCOc1cc2c(c(C(=O)O)c1OCC)OCO2. The van der Waals surface area contributed by atoms with Crippen LogP contribution in [-0.2, 0) is 0 Å². The number of hydrogen-bond acceptors (Lipinski definition) is 5. The number of aromatic carboxylic acids is 1. The smallest absolute Gasteiger partial charge is 0.343 e. The Morgan fingerprint density at radius 2 is 2.06 bits per heavy atom. The summed E-state index contributed by atoms with van der Waals surface area (Å²) in [6.45, 7) is 4.31. The Morgan fingerprint density at radius 1 is 1.33 bits per heavy atom. The molecule has 18 heavy (non-hydrogen) atoms. The van der Waals surface area contributed by atoms with E-state index in [1.54, 1.807) is 19.9 Å². The molecule has 0 fully saturated rings. The van der Waals surface area contributed by atoms with Gasteiger partial charge in [0.05, 0.1) is 13.2 Å². The van der Waals surface area contributed by atoms with Crippen molar-refractivity contribution in [3.63, 3.8) is 0 Å². The van der Waals surface area contributed by atoms with Gasteiger partial charge in [-0.05, 0) is 13.8 Å². The van der Waals surface area contributed by atoms with Gasteiger partial charge >= 0.3 is 5.97 Å². The molecule has 6 heteroatoms. The van der Waals surface area contributed by atoms with Crippen LogP contribution < -0.4 is 18.9 Å². The van der Waals surface area contributed by atoms with Gasteiger partial charge in [-0.2, -0.15) is 0 Å². The van der Waals surface area contributed by atoms with Crippen LogP contribution >= 0.6 is 0 Å². The zero-order chi connectivity index (χ0) is 13.1. The highest BCUT2D eigenvalue weighted by Crippen LogP contribution is 2.46. The highest BCUT2D eigenvalue weighted by Gasteiger charge is 2.30. The van der Waals surface area contributed by atoms with Crippen molar-refractivity contribution in [2.75, 3.05) is 20.0 Å². The van der Waals surface area contributed by atoms with Crippen LogP contribution in [0.1, 0.15) is 24.2 Å². The van der Waals surface area contributed by atoms with Gasteiger partial charge in [-0.1, -0.05) is 0 Å². The minimum Gasteiger partial charge on any atom is -0.490 e. The fraction of sp³-hybridized carbons (Fsp3) is 0.417. The molecule has 1 aliphatic heterocycles. The van der Waals surface area contributed by atoms with Crippen LogP contribution in [0.3, 0.4) is 0 Å². The van der Waals surface area contributed by atoms with E-state index < -0.39 is 5.97 Å². The second-order valence-electron chi connectivity index (χ2n) is 3.48. The Kier molecular flexibility index (Phi) is 3.45. The van der Waals surface area contributed by atoms with Gasteiger partial charge in [0.1, 0.15) is 0 Å². The van der Waals surface area contributed by atoms with Crippen molar-refractivity contribution in [3.05, 3.63) is 11.6 Å². The lowest BCUT2D eigenvalue weighted by molar-refractivity contribution is 0.0686. The Balaban J connectivity index is 2.60. The predicted octanol–water partition coefficient (Wildman–Crippen LogP) is 1.91. The summed E-state index contributed by atoms with van der Waals surface area (Å²) >= 11 is 0. The van der Waals surface area contributed by atoms with Gasteiger partial charge in [-0.15, -0.1) is 0 Å². The Hall–Kier alpha value is -2.11. The summed E-state index contributed by atoms with van der Waals surface area (Å²) < 4.78 is 21.1. The molecule has 0 aliphatic carbocycles. The molecule has 1 aromatic rings. The summed E-state index contributed by atoms with van der Waals surface area (Å²) in [7, 11) is 0. The lowest BCUT2D eigenvalue weighted by Gasteiger charge is -2.14. The average Bonchev–Trinajstić information content (AvgIpc) is 2.77. The average molecular weight is 254 g/mol. The zero-order valence-electron chi connectivity index (χ0n) is 10.2. The first kappa shape index (κ1) is 12.3. The summed E-state index contributed by atoms with van der Waals surface area (Å²) in [5.41, 5.74) is -0.0599. The number of benzene rings is 1. The first-order valence-corrected chi connectivity index (χ1v) is 5.64. The molecule has 1 aliphatic rings. The highest BCUT2D eigenvalue weighted by molar-refractivity contribution is 5.96. The molecule has 0 bridgehead atoms. The van der Waals surface area contributed by atoms with Crippen LogP contribution in [0.5, 0.6) is 23.0 Å². The molecular formula is C12H14O6. The number of rotatable bonds is 5. The van der Waals surface area contributed by atoms with Gasteiger partial charge < -0.3 is 24.1 Å². The molecule has 6 nitrogen and oxygen atoms in total. The van der Waals surface area contributed by atoms with Crippen LogP contribution in [0.15, 0.2) is 6.07 Å². The number of ether oxygens (including phenoxy) is 4. The monoisotopic (exact) mass is 254 g/mol. The quantitative estimate of drug-likeness (QED) is 0.865. The molecule has 1 N–H and O–H groups in total. The second kappa shape index (κ2) is 5.03. The lowest BCUT2D eigenvalue weighted by Crippen LogP contribution is -2.07. The van der Waals surface area contributed by atoms with Crippen molar-refractivity contribution < 1.29 is 28.8 Å². The topological polar surface area (TPSA) is 74.2 Å². The number of fused-ring (bicyclic) bond motifs is 1. The Morgan fingerprint density at radius 3 is 2.67 bits per heavy atom. The van der Waals surface area contributed by atoms with E-state index in [1.165, 1.54) is 0 Å². The van der Waals surface area contributed by atoms with Crippen molar-refractivity contribution in [3.8, 4) is 23.0 Å². The van der Waals surface area contributed by atoms with E-state index in [4.69, 9.17) is 18.9 Å². The van der Waals surface area contributed by atoms with Gasteiger partial charge in [-0.3, -0.25) is 0 Å². The van der Waals surface area contributed by atoms with Gasteiger partial charge in [0, 0.05) is 6.07 Å². The first-order chi connectivity index (χ1) is 8.69. The molecule has 0 unspecified atom stereocenters. The Bertz CT molecular complexity index is 468. The van der Waals surface area contributed by atoms with Crippen molar-refractivity contribution >= 4 is 5.97 Å². The summed E-state index contributed by atoms with van der Waals surface area (Å²) in [5.74, 6) is -0.0624. The molecule has 0 atom stereocenters. The fourth-order valence-corrected chi connectivity index (χ4v) is 1.75. The van der Waals surface area contributed by atoms with E-state index >= 15 is 0 Å². The first-order valence-electron chi connectivity index (χ1n) is 5.64. The van der Waals surface area contributed by atoms with E-state index in [0.29, 0.717) is 24.7 Å². The third kappa shape index (κ3) is 2.01. The van der Waals surface area contributed by atoms with E-state index in [1.807, 2.05) is 0 Å². The largest absolute Gasteiger partial charge is 0.490 e. The molecular weight excluding hydrogens is 240 g/mol. The normalized spacial score (nSPS) is 12.3. The fourth-order valence-electron chi connectivity index (χ4n) is 1.75. The maximum atomic E-state index is 11.3. The number of hydrogen-bond donors (Lipinski definition) is 1. The van der Waals surface area contributed by atoms with E-state index in [2.05, 4.69) is 0 Å². The van der Waals surface area contributed by atoms with Crippen LogP contribution in [-0.4, -0.2) is 31.1 Å². The molecule has 2 rings (SSSR count). The second-order valence-corrected chi connectivity index (χ2v) is 3.48. The standard InChI is InChI=1S/C12H14O6/c1-3-15-7-5-8-11(18-6-17-8)9(12(13)14)10(7)16-4-2/h5H,3-4,6H2,1-2H3,(H,13,14). The van der Waals surface area contributed by atoms with Crippen molar-refractivity contribution in [2.24, 2.45) is 0 Å². The van der Waals surface area contributed by atoms with Crippen LogP contribution in [0, 0.1) is 0 Å². The van der Waals surface area contributed by atoms with Crippen molar-refractivity contribution in [1.29, 1.82) is 0 Å². The molecule has 0 saturated carbocycles. The maximum absolute atomic E-state index is 11.3. The van der Waals surface area contributed by atoms with Crippen LogP contribution in [0.25, 0.3) is 0 Å². The molecule has 1 heterocycles. The maximum Gasteiger partial charge on any atom is 0.343 e. The number of carbonyl (C=O) groups is 1. The molecule has 0 aromatic heterocycles. The third-order valence-corrected chi connectivity index (χ3v) is 2.38. The van der Waals surface area contributed by atoms with Gasteiger partial charge in [-0.25, -0.2) is 4.79 Å². The van der Waals surface area contributed by atoms with Crippen molar-refractivity contribution in [2.45, 2.75) is 13.8 Å². The van der Waals surface area contributed by atoms with Crippen molar-refractivity contribution in [1.82, 2.24) is 0 Å². The van der Waals surface area contributed by atoms with E-state index in [-0.39, 0.29) is 23.9 Å². The van der Waals surface area contributed by atoms with Gasteiger partial charge in [0.2, 0.25) is 6.79 Å². The summed E-state index contributed by atoms with van der Waals surface area (Å²) in [4.78, 5) is 11.3. The minimum absolute atomic E-state index is 0.00322. The molecule has 0 amide bonds. The lowest BCUT2D eigenvalue weighted by atomic mass is 10.1. The summed E-state index contributed by atoms with van der Waals surface area (Å²) in [6, 6.07) is 1.59. The van der Waals surface area contributed by atoms with E-state index in [0.717, 1.165) is 0 Å². The molecule has 98 valence electrons. The van der Waals surface area contributed by atoms with Gasteiger partial charge in [0.25, 0.3) is 0 Å². The summed E-state index contributed by atoms with van der Waals surface area (Å²) in [5, 5.41) is 9.28. The molecule has 0 saturated heterocycles. The Labute approximate surface area is 104 Å². The van der Waals surface area contributed by atoms with E-state index in [9.17, 15) is 9.90 Å². The predicted molar refractivity (Wildman–Crippen MR) is 61.9 cm³/mol. The highest BCUT2D eigenvalue weighted by atomic mass is 16.7. The summed E-state index contributed by atoms with van der Waals surface area (Å²) in [6.07, 6.45) is 0. The zero-order valence-corrected chi connectivity index (χ0v) is 10.2. The van der Waals surface area contributed by atoms with Crippen LogP contribution in [0.4, 0.5) is 0 Å².